The molecule has 0 fully saturated rings. The van der Waals surface area contributed by atoms with Crippen LogP contribution in [0.4, 0.5) is 0 Å². The molecule has 0 aliphatic carbocycles. The van der Waals surface area contributed by atoms with E-state index >= 15 is 0 Å². The summed E-state index contributed by atoms with van der Waals surface area (Å²) < 4.78 is 0. The summed E-state index contributed by atoms with van der Waals surface area (Å²) in [5.41, 5.74) is 0. The molecule has 0 unspecified atom stereocenters. The van der Waals surface area contributed by atoms with Crippen molar-refractivity contribution in [2.75, 3.05) is 6.61 Å². The highest BCUT2D eigenvalue weighted by Crippen LogP contribution is 2.10. The summed E-state index contributed by atoms with van der Waals surface area (Å²) in [6.45, 7) is 0.173. The van der Waals surface area contributed by atoms with Gasteiger partial charge in [0, 0.05) is 0 Å². The first-order valence-corrected chi connectivity index (χ1v) is 5.56. The van der Waals surface area contributed by atoms with Crippen molar-refractivity contribution >= 4 is 5.78 Å². The van der Waals surface area contributed by atoms with E-state index < -0.39 is 55.1 Å². The molecule has 0 spiro atoms. The van der Waals surface area contributed by atoms with Crippen LogP contribution in [0.1, 0.15) is 6.92 Å². The highest BCUT2D eigenvalue weighted by atomic mass is 16.4. The number of Topliss-reactive ketones (excluding diaryl/α,β-unsaturated/α-hetero) is 1. The predicted molar refractivity (Wildman–Crippen MR) is 59.8 cm³/mol. The highest BCUT2D eigenvalue weighted by molar-refractivity contribution is 5.88. The van der Waals surface area contributed by atoms with E-state index in [1.165, 1.54) is 0 Å². The lowest BCUT2D eigenvalue weighted by Gasteiger charge is -2.27. The van der Waals surface area contributed by atoms with E-state index in [9.17, 15) is 30.3 Å². The van der Waals surface area contributed by atoms with E-state index in [4.69, 9.17) is 15.3 Å². The number of hydrogen-bond donors (Lipinski definition) is 8. The Balaban J connectivity index is 4.72. The molecule has 0 aromatic rings. The summed E-state index contributed by atoms with van der Waals surface area (Å²) in [5, 5.41) is 73.1. The van der Waals surface area contributed by atoms with Gasteiger partial charge in [-0.15, -0.1) is 0 Å². The van der Waals surface area contributed by atoms with Gasteiger partial charge in [0.1, 0.15) is 36.6 Å². The first kappa shape index (κ1) is 18.4. The fraction of sp³-hybridized carbons (Fsp3) is 0.900. The van der Waals surface area contributed by atoms with Crippen molar-refractivity contribution in [1.29, 1.82) is 0 Å². The van der Waals surface area contributed by atoms with E-state index in [0.717, 1.165) is 6.92 Å². The Morgan fingerprint density at radius 1 is 0.842 bits per heavy atom. The topological polar surface area (TPSA) is 179 Å². The molecular formula is C10H20O9. The van der Waals surface area contributed by atoms with Crippen molar-refractivity contribution in [2.45, 2.75) is 49.7 Å². The van der Waals surface area contributed by atoms with Crippen molar-refractivity contribution < 1.29 is 45.6 Å². The number of aliphatic hydroxyl groups excluding tert-OH is 8. The van der Waals surface area contributed by atoms with Crippen LogP contribution in [0.25, 0.3) is 0 Å². The van der Waals surface area contributed by atoms with Crippen LogP contribution >= 0.6 is 0 Å². The van der Waals surface area contributed by atoms with E-state index in [0.29, 0.717) is 0 Å². The number of aliphatic hydroxyl groups is 8. The SMILES string of the molecule is C[C@@H](O)[C@H](O)[C@H](O)[C@H](O)C(=O)[C@H](O)[C@H](O)[C@@H](O)CO. The van der Waals surface area contributed by atoms with Crippen LogP contribution in [0.2, 0.25) is 0 Å². The molecule has 0 aromatic heterocycles. The van der Waals surface area contributed by atoms with Gasteiger partial charge in [-0.1, -0.05) is 0 Å². The predicted octanol–water partition coefficient (Wildman–Crippen LogP) is -4.91. The van der Waals surface area contributed by atoms with Crippen LogP contribution in [0, 0.1) is 0 Å². The Hall–Kier alpha value is -0.650. The van der Waals surface area contributed by atoms with E-state index in [-0.39, 0.29) is 0 Å². The molecule has 0 bridgehead atoms. The maximum atomic E-state index is 11.5. The van der Waals surface area contributed by atoms with Crippen LogP contribution < -0.4 is 0 Å². The Labute approximate surface area is 109 Å². The van der Waals surface area contributed by atoms with Crippen LogP contribution in [0.5, 0.6) is 0 Å². The molecule has 0 rings (SSSR count). The highest BCUT2D eigenvalue weighted by Gasteiger charge is 2.39. The monoisotopic (exact) mass is 284 g/mol. The molecule has 0 saturated carbocycles. The molecule has 0 heterocycles. The third-order valence-corrected chi connectivity index (χ3v) is 2.66. The van der Waals surface area contributed by atoms with Gasteiger partial charge in [-0.25, -0.2) is 0 Å². The van der Waals surface area contributed by atoms with Gasteiger partial charge in [0.25, 0.3) is 0 Å². The zero-order valence-electron chi connectivity index (χ0n) is 10.2. The fourth-order valence-corrected chi connectivity index (χ4v) is 1.30. The fourth-order valence-electron chi connectivity index (χ4n) is 1.30. The second-order valence-corrected chi connectivity index (χ2v) is 4.25. The van der Waals surface area contributed by atoms with Crippen LogP contribution in [-0.4, -0.2) is 96.0 Å². The molecule has 19 heavy (non-hydrogen) atoms. The number of carbonyl (C=O) groups excluding carboxylic acids is 1. The Morgan fingerprint density at radius 2 is 1.26 bits per heavy atom. The molecule has 0 radical (unpaired) electrons. The second-order valence-electron chi connectivity index (χ2n) is 4.25. The molecule has 114 valence electrons. The minimum absolute atomic E-state index is 0.930. The molecular weight excluding hydrogens is 264 g/mol. The van der Waals surface area contributed by atoms with Crippen LogP contribution in [0.15, 0.2) is 0 Å². The second kappa shape index (κ2) is 7.82. The van der Waals surface area contributed by atoms with Gasteiger partial charge >= 0.3 is 0 Å². The third-order valence-electron chi connectivity index (χ3n) is 2.66. The normalized spacial score (nSPS) is 23.0. The lowest BCUT2D eigenvalue weighted by atomic mass is 9.94. The molecule has 0 amide bonds. The van der Waals surface area contributed by atoms with Crippen molar-refractivity contribution in [1.82, 2.24) is 0 Å². The Morgan fingerprint density at radius 3 is 1.63 bits per heavy atom. The summed E-state index contributed by atoms with van der Waals surface area (Å²) in [6.07, 6.45) is -13.8. The van der Waals surface area contributed by atoms with E-state index in [1.807, 2.05) is 0 Å². The molecule has 9 heteroatoms. The van der Waals surface area contributed by atoms with Crippen LogP contribution in [0.3, 0.4) is 0 Å². The molecule has 9 nitrogen and oxygen atoms in total. The lowest BCUT2D eigenvalue weighted by molar-refractivity contribution is -0.161. The summed E-state index contributed by atoms with van der Waals surface area (Å²) in [4.78, 5) is 11.5. The van der Waals surface area contributed by atoms with Gasteiger partial charge in [0.15, 0.2) is 5.78 Å². The zero-order chi connectivity index (χ0) is 15.3. The Kier molecular flexibility index (Phi) is 7.55. The smallest absolute Gasteiger partial charge is 0.195 e. The average Bonchev–Trinajstić information content (AvgIpc) is 2.40. The average molecular weight is 284 g/mol. The van der Waals surface area contributed by atoms with E-state index in [2.05, 4.69) is 0 Å². The minimum Gasteiger partial charge on any atom is -0.394 e. The van der Waals surface area contributed by atoms with Gasteiger partial charge in [0.2, 0.25) is 0 Å². The standard InChI is InChI=1S/C10H20O9/c1-3(12)5(14)7(16)9(18)10(19)8(17)6(15)4(13)2-11/h3-9,11-18H,2H2,1H3/t3-,4+,5+,6-,7+,8-,9+/m1/s1. The quantitative estimate of drug-likeness (QED) is 0.217. The third kappa shape index (κ3) is 4.75. The van der Waals surface area contributed by atoms with Crippen molar-refractivity contribution in [3.8, 4) is 0 Å². The number of ketones is 1. The van der Waals surface area contributed by atoms with Gasteiger partial charge in [0.05, 0.1) is 12.7 Å². The van der Waals surface area contributed by atoms with Crippen molar-refractivity contribution in [3.05, 3.63) is 0 Å². The molecule has 8 N–H and O–H groups in total. The molecule has 0 aliphatic rings. The van der Waals surface area contributed by atoms with Crippen molar-refractivity contribution in [3.63, 3.8) is 0 Å². The lowest BCUT2D eigenvalue weighted by Crippen LogP contribution is -2.53. The number of hydrogen-bond acceptors (Lipinski definition) is 9. The first-order valence-electron chi connectivity index (χ1n) is 5.56. The molecule has 0 aliphatic heterocycles. The van der Waals surface area contributed by atoms with E-state index in [1.54, 1.807) is 0 Å². The maximum Gasteiger partial charge on any atom is 0.195 e. The minimum atomic E-state index is -2.28. The first-order chi connectivity index (χ1) is 8.64. The van der Waals surface area contributed by atoms with Gasteiger partial charge in [-0.05, 0) is 6.92 Å². The summed E-state index contributed by atoms with van der Waals surface area (Å²) in [7, 11) is 0. The molecule has 0 saturated heterocycles. The van der Waals surface area contributed by atoms with Gasteiger partial charge < -0.3 is 40.9 Å². The summed E-state index contributed by atoms with van der Waals surface area (Å²) in [6, 6.07) is 0. The summed E-state index contributed by atoms with van der Waals surface area (Å²) >= 11 is 0. The van der Waals surface area contributed by atoms with Crippen LogP contribution in [-0.2, 0) is 4.79 Å². The largest absolute Gasteiger partial charge is 0.394 e. The Bertz CT molecular complexity index is 282. The number of rotatable bonds is 8. The molecule has 0 aromatic carbocycles. The van der Waals surface area contributed by atoms with Crippen molar-refractivity contribution in [2.24, 2.45) is 0 Å². The summed E-state index contributed by atoms with van der Waals surface area (Å²) in [5.74, 6) is -1.47. The van der Waals surface area contributed by atoms with Gasteiger partial charge in [-0.3, -0.25) is 4.79 Å². The molecule has 7 atom stereocenters. The maximum absolute atomic E-state index is 11.5. The zero-order valence-corrected chi connectivity index (χ0v) is 10.2. The van der Waals surface area contributed by atoms with Gasteiger partial charge in [-0.2, -0.15) is 0 Å². The number of carbonyl (C=O) groups is 1.